The molecule has 0 aromatic heterocycles. The second kappa shape index (κ2) is 5.80. The molecule has 2 saturated heterocycles. The minimum Gasteiger partial charge on any atom is -0.344 e. The Morgan fingerprint density at radius 3 is 2.47 bits per heavy atom. The molecule has 2 rings (SSSR count). The lowest BCUT2D eigenvalue weighted by Gasteiger charge is -2.37. The number of rotatable bonds is 4. The summed E-state index contributed by atoms with van der Waals surface area (Å²) in [7, 11) is 1.90. The summed E-state index contributed by atoms with van der Waals surface area (Å²) in [6.45, 7) is 6.98. The van der Waals surface area contributed by atoms with Crippen molar-refractivity contribution in [1.82, 2.24) is 14.7 Å². The highest BCUT2D eigenvalue weighted by molar-refractivity contribution is 5.83. The molecule has 1 unspecified atom stereocenters. The van der Waals surface area contributed by atoms with Crippen molar-refractivity contribution < 1.29 is 4.79 Å². The Morgan fingerprint density at radius 2 is 1.94 bits per heavy atom. The highest BCUT2D eigenvalue weighted by Gasteiger charge is 2.35. The van der Waals surface area contributed by atoms with Gasteiger partial charge in [0.2, 0.25) is 5.91 Å². The molecule has 98 valence electrons. The molecule has 2 fully saturated rings. The van der Waals surface area contributed by atoms with E-state index in [0.29, 0.717) is 5.91 Å². The van der Waals surface area contributed by atoms with Crippen LogP contribution in [-0.2, 0) is 4.79 Å². The fraction of sp³-hybridized carbons (Fsp3) is 0.917. The van der Waals surface area contributed by atoms with E-state index in [9.17, 15) is 4.79 Å². The summed E-state index contributed by atoms with van der Waals surface area (Å²) in [5.74, 6) is 0.306. The number of likely N-dealkylation sites (N-methyl/N-ethyl adjacent to an activating group) is 1. The van der Waals surface area contributed by atoms with Crippen LogP contribution in [0.15, 0.2) is 0 Å². The Hall–Kier alpha value is -0.650. The Morgan fingerprint density at radius 1 is 1.24 bits per heavy atom. The number of hydrogen-bond acceptors (Lipinski definition) is 4. The van der Waals surface area contributed by atoms with Crippen LogP contribution < -0.4 is 5.73 Å². The average molecular weight is 240 g/mol. The van der Waals surface area contributed by atoms with Crippen LogP contribution in [-0.4, -0.2) is 79.5 Å². The zero-order valence-corrected chi connectivity index (χ0v) is 10.8. The number of nitrogens with two attached hydrogens (primary N) is 1. The van der Waals surface area contributed by atoms with Crippen LogP contribution in [0.1, 0.15) is 12.8 Å². The summed E-state index contributed by atoms with van der Waals surface area (Å²) in [6, 6.07) is 0.150. The van der Waals surface area contributed by atoms with Crippen LogP contribution in [0.2, 0.25) is 0 Å². The van der Waals surface area contributed by atoms with Gasteiger partial charge in [-0.15, -0.1) is 0 Å². The topological polar surface area (TPSA) is 52.8 Å². The van der Waals surface area contributed by atoms with Crippen molar-refractivity contribution >= 4 is 5.91 Å². The molecule has 0 aromatic carbocycles. The second-order valence-corrected chi connectivity index (χ2v) is 5.08. The van der Waals surface area contributed by atoms with Crippen LogP contribution in [0.3, 0.4) is 0 Å². The molecule has 2 heterocycles. The molecule has 0 spiro atoms. The van der Waals surface area contributed by atoms with E-state index >= 15 is 0 Å². The lowest BCUT2D eigenvalue weighted by molar-refractivity contribution is -0.131. The van der Waals surface area contributed by atoms with E-state index < -0.39 is 0 Å². The number of nitrogens with zero attached hydrogens (tertiary/aromatic N) is 3. The summed E-state index contributed by atoms with van der Waals surface area (Å²) in [4.78, 5) is 18.6. The summed E-state index contributed by atoms with van der Waals surface area (Å²) in [6.07, 6.45) is 2.07. The van der Waals surface area contributed by atoms with Crippen LogP contribution >= 0.6 is 0 Å². The van der Waals surface area contributed by atoms with Crippen molar-refractivity contribution in [3.05, 3.63) is 0 Å². The second-order valence-electron chi connectivity index (χ2n) is 5.08. The summed E-state index contributed by atoms with van der Waals surface area (Å²) < 4.78 is 0. The number of carbonyl (C=O) groups is 1. The van der Waals surface area contributed by atoms with E-state index in [0.717, 1.165) is 58.7 Å². The Kier molecular flexibility index (Phi) is 4.36. The van der Waals surface area contributed by atoms with Gasteiger partial charge in [0.25, 0.3) is 0 Å². The number of hydrogen-bond donors (Lipinski definition) is 1. The highest BCUT2D eigenvalue weighted by Crippen LogP contribution is 2.17. The number of amides is 1. The largest absolute Gasteiger partial charge is 0.344 e. The van der Waals surface area contributed by atoms with Crippen molar-refractivity contribution in [1.29, 1.82) is 0 Å². The molecule has 2 aliphatic heterocycles. The third-order valence-electron chi connectivity index (χ3n) is 3.93. The van der Waals surface area contributed by atoms with E-state index in [-0.39, 0.29) is 6.04 Å². The van der Waals surface area contributed by atoms with Gasteiger partial charge in [0.15, 0.2) is 0 Å². The average Bonchev–Trinajstić information content (AvgIpc) is 2.68. The summed E-state index contributed by atoms with van der Waals surface area (Å²) in [5, 5.41) is 0. The van der Waals surface area contributed by atoms with Crippen LogP contribution in [0.25, 0.3) is 0 Å². The van der Waals surface area contributed by atoms with Crippen molar-refractivity contribution in [2.75, 3.05) is 52.9 Å². The minimum atomic E-state index is 0.150. The standard InChI is InChI=1S/C12H24N4O/c1-14-6-3-11(12(14)17)16-9-7-15(8-10-16)5-2-4-13/h11H,2-10,13H2,1H3. The third kappa shape index (κ3) is 2.97. The monoisotopic (exact) mass is 240 g/mol. The first-order chi connectivity index (χ1) is 8.22. The molecule has 2 aliphatic rings. The Labute approximate surface area is 104 Å². The van der Waals surface area contributed by atoms with Crippen LogP contribution in [0.5, 0.6) is 0 Å². The van der Waals surface area contributed by atoms with E-state index in [1.54, 1.807) is 0 Å². The smallest absolute Gasteiger partial charge is 0.239 e. The molecular formula is C12H24N4O. The molecule has 0 aromatic rings. The highest BCUT2D eigenvalue weighted by atomic mass is 16.2. The molecule has 17 heavy (non-hydrogen) atoms. The molecule has 1 atom stereocenters. The van der Waals surface area contributed by atoms with Crippen molar-refractivity contribution in [2.45, 2.75) is 18.9 Å². The lowest BCUT2D eigenvalue weighted by Crippen LogP contribution is -2.52. The van der Waals surface area contributed by atoms with Gasteiger partial charge in [-0.3, -0.25) is 9.69 Å². The predicted octanol–water partition coefficient (Wildman–Crippen LogP) is -0.816. The van der Waals surface area contributed by atoms with E-state index in [1.165, 1.54) is 0 Å². The summed E-state index contributed by atoms with van der Waals surface area (Å²) >= 11 is 0. The first-order valence-electron chi connectivity index (χ1n) is 6.64. The number of piperazine rings is 1. The van der Waals surface area contributed by atoms with E-state index in [2.05, 4.69) is 9.80 Å². The SMILES string of the molecule is CN1CCC(N2CCN(CCCN)CC2)C1=O. The minimum absolute atomic E-state index is 0.150. The molecule has 2 N–H and O–H groups in total. The fourth-order valence-corrected chi connectivity index (χ4v) is 2.76. The molecule has 0 saturated carbocycles. The van der Waals surface area contributed by atoms with Gasteiger partial charge < -0.3 is 15.5 Å². The zero-order valence-electron chi connectivity index (χ0n) is 10.8. The van der Waals surface area contributed by atoms with Crippen LogP contribution in [0, 0.1) is 0 Å². The lowest BCUT2D eigenvalue weighted by atomic mass is 10.2. The maximum Gasteiger partial charge on any atom is 0.239 e. The van der Waals surface area contributed by atoms with Gasteiger partial charge in [0, 0.05) is 39.8 Å². The third-order valence-corrected chi connectivity index (χ3v) is 3.93. The molecule has 5 heteroatoms. The van der Waals surface area contributed by atoms with Gasteiger partial charge in [0.05, 0.1) is 6.04 Å². The Bertz CT molecular complexity index is 263. The summed E-state index contributed by atoms with van der Waals surface area (Å²) in [5.41, 5.74) is 5.52. The number of likely N-dealkylation sites (tertiary alicyclic amines) is 1. The predicted molar refractivity (Wildman–Crippen MR) is 67.7 cm³/mol. The fourth-order valence-electron chi connectivity index (χ4n) is 2.76. The molecular weight excluding hydrogens is 216 g/mol. The maximum atomic E-state index is 11.9. The van der Waals surface area contributed by atoms with Gasteiger partial charge in [-0.2, -0.15) is 0 Å². The Balaban J connectivity index is 1.77. The maximum absolute atomic E-state index is 11.9. The van der Waals surface area contributed by atoms with Crippen molar-refractivity contribution in [3.8, 4) is 0 Å². The van der Waals surface area contributed by atoms with Gasteiger partial charge >= 0.3 is 0 Å². The first-order valence-corrected chi connectivity index (χ1v) is 6.64. The molecule has 0 aliphatic carbocycles. The molecule has 5 nitrogen and oxygen atoms in total. The van der Waals surface area contributed by atoms with Gasteiger partial charge in [-0.25, -0.2) is 0 Å². The van der Waals surface area contributed by atoms with E-state index in [1.807, 2.05) is 11.9 Å². The van der Waals surface area contributed by atoms with Gasteiger partial charge in [-0.1, -0.05) is 0 Å². The van der Waals surface area contributed by atoms with Gasteiger partial charge in [-0.05, 0) is 25.9 Å². The van der Waals surface area contributed by atoms with Gasteiger partial charge in [0.1, 0.15) is 0 Å². The quantitative estimate of drug-likeness (QED) is 0.698. The zero-order chi connectivity index (χ0) is 12.3. The van der Waals surface area contributed by atoms with Crippen molar-refractivity contribution in [3.63, 3.8) is 0 Å². The molecule has 1 amide bonds. The van der Waals surface area contributed by atoms with E-state index in [4.69, 9.17) is 5.73 Å². The van der Waals surface area contributed by atoms with Crippen LogP contribution in [0.4, 0.5) is 0 Å². The first kappa shape index (κ1) is 12.8. The molecule has 0 radical (unpaired) electrons. The normalized spacial score (nSPS) is 28.0. The molecule has 0 bridgehead atoms. The van der Waals surface area contributed by atoms with Crippen molar-refractivity contribution in [2.24, 2.45) is 5.73 Å². The number of carbonyl (C=O) groups excluding carboxylic acids is 1.